The molecule has 0 aliphatic heterocycles. The van der Waals surface area contributed by atoms with E-state index >= 15 is 0 Å². The summed E-state index contributed by atoms with van der Waals surface area (Å²) >= 11 is 0. The normalized spacial score (nSPS) is 11.9. The predicted molar refractivity (Wildman–Crippen MR) is 127 cm³/mol. The van der Waals surface area contributed by atoms with Crippen molar-refractivity contribution in [3.8, 4) is 5.69 Å². The van der Waals surface area contributed by atoms with Crippen molar-refractivity contribution in [2.75, 3.05) is 5.73 Å². The third-order valence-electron chi connectivity index (χ3n) is 5.67. The van der Waals surface area contributed by atoms with Crippen LogP contribution >= 0.6 is 0 Å². The van der Waals surface area contributed by atoms with Gasteiger partial charge in [0.05, 0.1) is 21.6 Å². The number of para-hydroxylation sites is 3. The average Bonchev–Trinajstić information content (AvgIpc) is 3.08. The van der Waals surface area contributed by atoms with Gasteiger partial charge in [-0.25, -0.2) is 18.4 Å². The van der Waals surface area contributed by atoms with Gasteiger partial charge in [0.25, 0.3) is 0 Å². The maximum absolute atomic E-state index is 13.8. The van der Waals surface area contributed by atoms with Crippen LogP contribution < -0.4 is 5.73 Å². The van der Waals surface area contributed by atoms with E-state index in [1.54, 1.807) is 28.8 Å². The van der Waals surface area contributed by atoms with E-state index in [0.29, 0.717) is 16.7 Å². The number of fused-ring (bicyclic) bond motifs is 2. The number of nitrogens with zero attached hydrogens (tertiary/aromatic N) is 3. The summed E-state index contributed by atoms with van der Waals surface area (Å²) < 4.78 is 29.2. The molecule has 2 N–H and O–H groups in total. The molecule has 0 atom stereocenters. The number of aromatic nitrogens is 3. The Morgan fingerprint density at radius 3 is 2.19 bits per heavy atom. The number of anilines is 1. The molecule has 0 fully saturated rings. The van der Waals surface area contributed by atoms with Crippen molar-refractivity contribution in [1.82, 2.24) is 14.5 Å². The third kappa shape index (κ3) is 3.05. The molecule has 6 nitrogen and oxygen atoms in total. The molecule has 0 unspecified atom stereocenters. The topological polar surface area (TPSA) is 90.9 Å². The molecule has 5 aromatic rings. The summed E-state index contributed by atoms with van der Waals surface area (Å²) in [6, 6.07) is 21.9. The minimum atomic E-state index is -3.94. The van der Waals surface area contributed by atoms with Crippen LogP contribution in [0.2, 0.25) is 0 Å². The number of rotatable bonds is 4. The first-order chi connectivity index (χ1) is 15.4. The van der Waals surface area contributed by atoms with Crippen LogP contribution in [0, 0.1) is 6.92 Å². The first-order valence-electron chi connectivity index (χ1n) is 10.4. The number of aryl methyl sites for hydroxylation is 2. The molecular weight excluding hydrogens is 420 g/mol. The number of nitrogens with two attached hydrogens (primary N) is 1. The Kier molecular flexibility index (Phi) is 4.71. The van der Waals surface area contributed by atoms with E-state index in [2.05, 4.69) is 0 Å². The Hall–Kier alpha value is -3.71. The standard InChI is InChI=1S/C25H22N4O2S/c1-3-17-8-4-7-11-21(17)29-24(26)23(32(30,31)18-14-12-16(2)13-15-18)22-25(29)28-20-10-6-5-9-19(20)27-22/h4-15H,3,26H2,1-2H3. The van der Waals surface area contributed by atoms with Crippen molar-refractivity contribution in [2.24, 2.45) is 0 Å². The predicted octanol–water partition coefficient (Wildman–Crippen LogP) is 4.86. The first-order valence-corrected chi connectivity index (χ1v) is 11.9. The van der Waals surface area contributed by atoms with Crippen LogP contribution in [0.5, 0.6) is 0 Å². The van der Waals surface area contributed by atoms with E-state index in [-0.39, 0.29) is 21.1 Å². The van der Waals surface area contributed by atoms with Gasteiger partial charge in [-0.05, 0) is 49.2 Å². The molecule has 0 saturated heterocycles. The summed E-state index contributed by atoms with van der Waals surface area (Å²) in [5.41, 5.74) is 11.4. The molecule has 2 aromatic heterocycles. The summed E-state index contributed by atoms with van der Waals surface area (Å²) in [6.45, 7) is 3.96. The Labute approximate surface area is 186 Å². The van der Waals surface area contributed by atoms with Crippen LogP contribution in [0.25, 0.3) is 27.9 Å². The third-order valence-corrected chi connectivity index (χ3v) is 7.50. The molecule has 2 heterocycles. The van der Waals surface area contributed by atoms with Crippen LogP contribution in [0.15, 0.2) is 82.6 Å². The lowest BCUT2D eigenvalue weighted by atomic mass is 10.1. The zero-order valence-electron chi connectivity index (χ0n) is 17.8. The molecule has 0 amide bonds. The van der Waals surface area contributed by atoms with Gasteiger partial charge < -0.3 is 5.73 Å². The summed E-state index contributed by atoms with van der Waals surface area (Å²) in [6.07, 6.45) is 0.760. The molecule has 5 rings (SSSR count). The minimum Gasteiger partial charge on any atom is -0.384 e. The van der Waals surface area contributed by atoms with Crippen molar-refractivity contribution in [1.29, 1.82) is 0 Å². The van der Waals surface area contributed by atoms with Gasteiger partial charge in [0.1, 0.15) is 16.2 Å². The number of hydrogen-bond donors (Lipinski definition) is 1. The van der Waals surface area contributed by atoms with Gasteiger partial charge >= 0.3 is 0 Å². The lowest BCUT2D eigenvalue weighted by Gasteiger charge is -2.12. The van der Waals surface area contributed by atoms with Crippen molar-refractivity contribution in [3.05, 3.63) is 83.9 Å². The summed E-state index contributed by atoms with van der Waals surface area (Å²) in [5.74, 6) is 0.108. The van der Waals surface area contributed by atoms with Gasteiger partial charge in [0.15, 0.2) is 5.65 Å². The zero-order valence-corrected chi connectivity index (χ0v) is 18.6. The molecule has 0 aliphatic carbocycles. The maximum atomic E-state index is 13.8. The molecule has 0 saturated carbocycles. The van der Waals surface area contributed by atoms with Crippen molar-refractivity contribution in [2.45, 2.75) is 30.1 Å². The molecule has 0 bridgehead atoms. The molecule has 3 aromatic carbocycles. The number of nitrogen functional groups attached to an aromatic ring is 1. The van der Waals surface area contributed by atoms with Gasteiger partial charge in [-0.3, -0.25) is 4.57 Å². The largest absolute Gasteiger partial charge is 0.384 e. The van der Waals surface area contributed by atoms with Gasteiger partial charge in [-0.2, -0.15) is 0 Å². The second-order valence-electron chi connectivity index (χ2n) is 7.73. The number of sulfone groups is 1. The molecule has 0 radical (unpaired) electrons. The van der Waals surface area contributed by atoms with Crippen LogP contribution in [0.3, 0.4) is 0 Å². The average molecular weight is 443 g/mol. The van der Waals surface area contributed by atoms with Crippen LogP contribution in [-0.2, 0) is 16.3 Å². The summed E-state index contributed by atoms with van der Waals surface area (Å²) in [7, 11) is -3.94. The quantitative estimate of drug-likeness (QED) is 0.429. The van der Waals surface area contributed by atoms with Crippen molar-refractivity contribution in [3.63, 3.8) is 0 Å². The van der Waals surface area contributed by atoms with E-state index < -0.39 is 9.84 Å². The fourth-order valence-corrected chi connectivity index (χ4v) is 5.50. The molecular formula is C25H22N4O2S. The van der Waals surface area contributed by atoms with Crippen molar-refractivity contribution < 1.29 is 8.42 Å². The van der Waals surface area contributed by atoms with Crippen LogP contribution in [0.4, 0.5) is 5.82 Å². The van der Waals surface area contributed by atoms with E-state index in [4.69, 9.17) is 15.7 Å². The Bertz CT molecular complexity index is 1590. The zero-order chi connectivity index (χ0) is 22.5. The fourth-order valence-electron chi connectivity index (χ4n) is 4.01. The Morgan fingerprint density at radius 1 is 0.875 bits per heavy atom. The van der Waals surface area contributed by atoms with Gasteiger partial charge in [-0.1, -0.05) is 55.0 Å². The van der Waals surface area contributed by atoms with E-state index in [1.165, 1.54) is 0 Å². The molecule has 7 heteroatoms. The highest BCUT2D eigenvalue weighted by atomic mass is 32.2. The van der Waals surface area contributed by atoms with E-state index in [1.807, 2.05) is 62.4 Å². The maximum Gasteiger partial charge on any atom is 0.212 e. The highest BCUT2D eigenvalue weighted by Crippen LogP contribution is 2.37. The lowest BCUT2D eigenvalue weighted by Crippen LogP contribution is -2.08. The number of benzene rings is 3. The SMILES string of the molecule is CCc1ccccc1-n1c(N)c(S(=O)(=O)c2ccc(C)cc2)c2nc3ccccc3nc21. The van der Waals surface area contributed by atoms with Crippen molar-refractivity contribution >= 4 is 37.9 Å². The van der Waals surface area contributed by atoms with Crippen LogP contribution in [-0.4, -0.2) is 23.0 Å². The Morgan fingerprint density at radius 2 is 1.50 bits per heavy atom. The second kappa shape index (κ2) is 7.46. The second-order valence-corrected chi connectivity index (χ2v) is 9.62. The fraction of sp³-hybridized carbons (Fsp3) is 0.120. The van der Waals surface area contributed by atoms with Gasteiger partial charge in [0, 0.05) is 0 Å². The smallest absolute Gasteiger partial charge is 0.212 e. The molecule has 32 heavy (non-hydrogen) atoms. The lowest BCUT2D eigenvalue weighted by molar-refractivity contribution is 0.597. The molecule has 0 spiro atoms. The van der Waals surface area contributed by atoms with E-state index in [9.17, 15) is 8.42 Å². The first kappa shape index (κ1) is 20.2. The number of hydrogen-bond acceptors (Lipinski definition) is 5. The van der Waals surface area contributed by atoms with E-state index in [0.717, 1.165) is 23.2 Å². The minimum absolute atomic E-state index is 0.0134. The Balaban J connectivity index is 1.93. The van der Waals surface area contributed by atoms with Gasteiger partial charge in [-0.15, -0.1) is 0 Å². The molecule has 0 aliphatic rings. The monoisotopic (exact) mass is 442 g/mol. The highest BCUT2D eigenvalue weighted by molar-refractivity contribution is 7.92. The summed E-state index contributed by atoms with van der Waals surface area (Å²) in [5, 5.41) is 0. The molecule has 160 valence electrons. The van der Waals surface area contributed by atoms with Gasteiger partial charge in [0.2, 0.25) is 9.84 Å². The summed E-state index contributed by atoms with van der Waals surface area (Å²) in [4.78, 5) is 9.66. The highest BCUT2D eigenvalue weighted by Gasteiger charge is 2.31. The van der Waals surface area contributed by atoms with Crippen LogP contribution in [0.1, 0.15) is 18.1 Å².